The van der Waals surface area contributed by atoms with Gasteiger partial charge in [0.15, 0.2) is 0 Å². The Balaban J connectivity index is 1.12. The minimum atomic E-state index is -0.105. The van der Waals surface area contributed by atoms with E-state index in [9.17, 15) is 0 Å². The SMILES string of the molecule is CC(C)(C)c1cc(N2c3ccc(-c4ccc5oc6ccccc6c5c4)cc3B3c4cc(-c5ccc6oc7ccccc7c6c5)ccc4N(c4cc(C(C)(C)C)cc(C(C)(C)C)c4)c4cccc2c43)cc(C(C)(C)C)c1. The lowest BCUT2D eigenvalue weighted by Crippen LogP contribution is -2.61. The van der Waals surface area contributed by atoms with Gasteiger partial charge >= 0.3 is 0 Å². The highest BCUT2D eigenvalue weighted by Crippen LogP contribution is 2.48. The maximum absolute atomic E-state index is 6.37. The van der Waals surface area contributed by atoms with Gasteiger partial charge in [-0.15, -0.1) is 0 Å². The molecule has 0 atom stereocenters. The van der Waals surface area contributed by atoms with Crippen molar-refractivity contribution in [1.82, 2.24) is 0 Å². The summed E-state index contributed by atoms with van der Waals surface area (Å²) in [5, 5.41) is 4.51. The van der Waals surface area contributed by atoms with Crippen LogP contribution in [0.25, 0.3) is 66.1 Å². The first kappa shape index (κ1) is 47.0. The molecule has 370 valence electrons. The summed E-state index contributed by atoms with van der Waals surface area (Å²) < 4.78 is 12.7. The highest BCUT2D eigenvalue weighted by molar-refractivity contribution is 7.00. The molecule has 2 aliphatic heterocycles. The molecule has 2 aromatic heterocycles. The number of benzene rings is 9. The quantitative estimate of drug-likeness (QED) is 0.165. The first-order valence-electron chi connectivity index (χ1n) is 26.8. The molecule has 5 heteroatoms. The first-order valence-corrected chi connectivity index (χ1v) is 26.8. The van der Waals surface area contributed by atoms with E-state index in [-0.39, 0.29) is 28.4 Å². The Kier molecular flexibility index (Phi) is 10.3. The summed E-state index contributed by atoms with van der Waals surface area (Å²) in [6, 6.07) is 66.4. The fraction of sp³-hybridized carbons (Fsp3) is 0.229. The normalized spacial score (nSPS) is 13.8. The van der Waals surface area contributed by atoms with Gasteiger partial charge in [-0.1, -0.05) is 174 Å². The van der Waals surface area contributed by atoms with E-state index in [1.165, 1.54) is 83.9 Å². The number of anilines is 6. The zero-order chi connectivity index (χ0) is 52.1. The monoisotopic (exact) mass is 977 g/mol. The van der Waals surface area contributed by atoms with Crippen molar-refractivity contribution in [1.29, 1.82) is 0 Å². The standard InChI is InChI=1S/C70H65BN2O2/c1-67(2,3)46-36-47(68(4,5)6)39-50(38-46)72-58-28-24-44(42-26-30-64-54(32-42)52-18-13-15-22-62(52)74-64)34-56(58)71-57-35-45(43-27-31-65-55(33-43)53-19-14-16-23-63(53)75-65)25-29-59(57)73(61-21-17-20-60(72)66(61)71)51-40-48(69(7,8)9)37-49(41-51)70(10,11)12/h13-41H,1-12H3. The van der Waals surface area contributed by atoms with Crippen LogP contribution in [0.4, 0.5) is 34.1 Å². The van der Waals surface area contributed by atoms with Crippen molar-refractivity contribution in [2.75, 3.05) is 9.80 Å². The summed E-state index contributed by atoms with van der Waals surface area (Å²) in [4.78, 5) is 5.17. The van der Waals surface area contributed by atoms with E-state index in [2.05, 4.69) is 257 Å². The number of fused-ring (bicyclic) bond motifs is 10. The second-order valence-corrected chi connectivity index (χ2v) is 25.5. The van der Waals surface area contributed by atoms with Crippen LogP contribution in [0, 0.1) is 0 Å². The third-order valence-electron chi connectivity index (χ3n) is 16.2. The zero-order valence-electron chi connectivity index (χ0n) is 45.5. The van der Waals surface area contributed by atoms with Crippen LogP contribution in [-0.4, -0.2) is 6.71 Å². The Morgan fingerprint density at radius 3 is 1.04 bits per heavy atom. The molecule has 75 heavy (non-hydrogen) atoms. The van der Waals surface area contributed by atoms with Crippen molar-refractivity contribution in [2.24, 2.45) is 0 Å². The van der Waals surface area contributed by atoms with Gasteiger partial charge in [0.25, 0.3) is 6.71 Å². The predicted molar refractivity (Wildman–Crippen MR) is 321 cm³/mol. The van der Waals surface area contributed by atoms with Gasteiger partial charge in [-0.25, -0.2) is 0 Å². The molecule has 0 radical (unpaired) electrons. The summed E-state index contributed by atoms with van der Waals surface area (Å²) in [6.45, 7) is 28.0. The summed E-state index contributed by atoms with van der Waals surface area (Å²) in [5.74, 6) is 0. The van der Waals surface area contributed by atoms with Gasteiger partial charge in [-0.2, -0.15) is 0 Å². The van der Waals surface area contributed by atoms with Crippen LogP contribution in [0.5, 0.6) is 0 Å². The Hall–Kier alpha value is -7.76. The van der Waals surface area contributed by atoms with Crippen molar-refractivity contribution < 1.29 is 8.83 Å². The largest absolute Gasteiger partial charge is 0.456 e. The lowest BCUT2D eigenvalue weighted by molar-refractivity contribution is 0.568. The topological polar surface area (TPSA) is 32.8 Å². The third kappa shape index (κ3) is 7.72. The van der Waals surface area contributed by atoms with Gasteiger partial charge in [-0.3, -0.25) is 0 Å². The Morgan fingerprint density at radius 1 is 0.307 bits per heavy atom. The molecule has 0 bridgehead atoms. The fourth-order valence-electron chi connectivity index (χ4n) is 11.9. The summed E-state index contributed by atoms with van der Waals surface area (Å²) in [7, 11) is 0. The van der Waals surface area contributed by atoms with Gasteiger partial charge in [0.05, 0.1) is 0 Å². The molecule has 4 nitrogen and oxygen atoms in total. The molecule has 0 fully saturated rings. The van der Waals surface area contributed by atoms with Gasteiger partial charge in [0, 0.05) is 55.7 Å². The lowest BCUT2D eigenvalue weighted by Gasteiger charge is -2.45. The number of para-hydroxylation sites is 2. The maximum atomic E-state index is 6.37. The average molecular weight is 977 g/mol. The lowest BCUT2D eigenvalue weighted by atomic mass is 9.33. The third-order valence-corrected chi connectivity index (χ3v) is 16.2. The van der Waals surface area contributed by atoms with Crippen molar-refractivity contribution in [3.8, 4) is 22.3 Å². The molecule has 0 saturated carbocycles. The van der Waals surface area contributed by atoms with E-state index >= 15 is 0 Å². The Labute approximate surface area is 442 Å². The zero-order valence-corrected chi connectivity index (χ0v) is 45.5. The maximum Gasteiger partial charge on any atom is 0.252 e. The number of furan rings is 2. The molecule has 0 aliphatic carbocycles. The van der Waals surface area contributed by atoms with Crippen molar-refractivity contribution in [2.45, 2.75) is 105 Å². The highest BCUT2D eigenvalue weighted by atomic mass is 16.3. The molecule has 11 aromatic rings. The van der Waals surface area contributed by atoms with E-state index < -0.39 is 0 Å². The fourth-order valence-corrected chi connectivity index (χ4v) is 11.9. The predicted octanol–water partition coefficient (Wildman–Crippen LogP) is 18.1. The van der Waals surface area contributed by atoms with Crippen LogP contribution in [0.3, 0.4) is 0 Å². The van der Waals surface area contributed by atoms with E-state index in [1.54, 1.807) is 0 Å². The minimum absolute atomic E-state index is 0.0756. The molecule has 0 spiro atoms. The molecule has 0 saturated heterocycles. The molecule has 0 N–H and O–H groups in total. The first-order chi connectivity index (χ1) is 35.7. The molecule has 0 unspecified atom stereocenters. The molecular weight excluding hydrogens is 912 g/mol. The number of hydrogen-bond acceptors (Lipinski definition) is 4. The van der Waals surface area contributed by atoms with Crippen LogP contribution in [0.15, 0.2) is 185 Å². The van der Waals surface area contributed by atoms with Gasteiger partial charge in [0.2, 0.25) is 0 Å². The molecule has 13 rings (SSSR count). The minimum Gasteiger partial charge on any atom is -0.456 e. The van der Waals surface area contributed by atoms with Crippen molar-refractivity contribution in [3.63, 3.8) is 0 Å². The second-order valence-electron chi connectivity index (χ2n) is 25.5. The van der Waals surface area contributed by atoms with Crippen molar-refractivity contribution >= 4 is 101 Å². The molecule has 2 aliphatic rings. The summed E-state index contributed by atoms with van der Waals surface area (Å²) in [6.07, 6.45) is 0. The van der Waals surface area contributed by atoms with Crippen LogP contribution in [0.2, 0.25) is 0 Å². The van der Waals surface area contributed by atoms with E-state index in [0.717, 1.165) is 55.0 Å². The average Bonchev–Trinajstić information content (AvgIpc) is 4.00. The van der Waals surface area contributed by atoms with Gasteiger partial charge in [-0.05, 0) is 167 Å². The number of hydrogen-bond donors (Lipinski definition) is 0. The van der Waals surface area contributed by atoms with Crippen molar-refractivity contribution in [3.05, 3.63) is 198 Å². The molecular formula is C70H65BN2O2. The van der Waals surface area contributed by atoms with Gasteiger partial charge < -0.3 is 18.6 Å². The number of nitrogens with zero attached hydrogens (tertiary/aromatic N) is 2. The van der Waals surface area contributed by atoms with E-state index in [1.807, 2.05) is 12.1 Å². The van der Waals surface area contributed by atoms with Gasteiger partial charge in [0.1, 0.15) is 22.3 Å². The Bertz CT molecular complexity index is 3810. The summed E-state index contributed by atoms with van der Waals surface area (Å²) >= 11 is 0. The summed E-state index contributed by atoms with van der Waals surface area (Å²) in [5.41, 5.74) is 24.2. The molecule has 9 aromatic carbocycles. The Morgan fingerprint density at radius 2 is 0.653 bits per heavy atom. The smallest absolute Gasteiger partial charge is 0.252 e. The highest BCUT2D eigenvalue weighted by Gasteiger charge is 2.44. The van der Waals surface area contributed by atoms with Crippen LogP contribution in [-0.2, 0) is 21.7 Å². The molecule has 4 heterocycles. The van der Waals surface area contributed by atoms with Crippen LogP contribution < -0.4 is 26.2 Å². The van der Waals surface area contributed by atoms with E-state index in [0.29, 0.717) is 0 Å². The number of rotatable bonds is 4. The van der Waals surface area contributed by atoms with E-state index in [4.69, 9.17) is 8.83 Å². The van der Waals surface area contributed by atoms with Crippen LogP contribution >= 0.6 is 0 Å². The molecule has 0 amide bonds. The van der Waals surface area contributed by atoms with Crippen LogP contribution in [0.1, 0.15) is 105 Å². The second kappa shape index (κ2) is 16.4.